The molecule has 0 aliphatic carbocycles. The molecule has 0 saturated carbocycles. The Morgan fingerprint density at radius 1 is 1.47 bits per heavy atom. The van der Waals surface area contributed by atoms with E-state index in [9.17, 15) is 9.59 Å². The number of carbonyl (C=O) groups excluding carboxylic acids is 1. The van der Waals surface area contributed by atoms with Crippen LogP contribution in [-0.4, -0.2) is 36.5 Å². The van der Waals surface area contributed by atoms with Crippen LogP contribution in [0.4, 0.5) is 0 Å². The van der Waals surface area contributed by atoms with Gasteiger partial charge in [-0.15, -0.1) is 0 Å². The van der Waals surface area contributed by atoms with Crippen molar-refractivity contribution >= 4 is 43.1 Å². The van der Waals surface area contributed by atoms with Crippen LogP contribution in [-0.2, 0) is 35.0 Å². The first-order valence-corrected chi connectivity index (χ1v) is 6.76. The highest BCUT2D eigenvalue weighted by Gasteiger charge is 2.25. The van der Waals surface area contributed by atoms with Crippen LogP contribution in [0.3, 0.4) is 0 Å². The Kier molecular flexibility index (Phi) is 6.38. The number of thiol groups is 1. The quantitative estimate of drug-likeness (QED) is 0.548. The monoisotopic (exact) mass is 274 g/mol. The molecule has 0 aromatic heterocycles. The van der Waals surface area contributed by atoms with Gasteiger partial charge < -0.3 is 18.7 Å². The zero-order valence-electron chi connectivity index (χ0n) is 8.08. The van der Waals surface area contributed by atoms with Crippen molar-refractivity contribution in [2.24, 2.45) is 0 Å². The van der Waals surface area contributed by atoms with Gasteiger partial charge in [0.1, 0.15) is 5.25 Å². The van der Waals surface area contributed by atoms with E-state index in [0.717, 1.165) is 0 Å². The van der Waals surface area contributed by atoms with Gasteiger partial charge in [-0.05, 0) is 0 Å². The number of rotatable bonds is 6. The predicted octanol–water partition coefficient (Wildman–Crippen LogP) is 0.820. The third-order valence-corrected chi connectivity index (χ3v) is 4.15. The molecule has 88 valence electrons. The lowest BCUT2D eigenvalue weighted by molar-refractivity contribution is -0.142. The SMILES string of the molecule is COP(=S)(OC)OC(=O)CC(S)C(=O)O. The van der Waals surface area contributed by atoms with Crippen LogP contribution in [0.15, 0.2) is 0 Å². The maximum Gasteiger partial charge on any atom is 0.382 e. The Morgan fingerprint density at radius 2 is 1.93 bits per heavy atom. The van der Waals surface area contributed by atoms with Gasteiger partial charge in [-0.25, -0.2) is 0 Å². The lowest BCUT2D eigenvalue weighted by Crippen LogP contribution is -2.19. The van der Waals surface area contributed by atoms with E-state index >= 15 is 0 Å². The maximum absolute atomic E-state index is 11.2. The molecule has 0 radical (unpaired) electrons. The van der Waals surface area contributed by atoms with Gasteiger partial charge >= 0.3 is 18.7 Å². The fraction of sp³-hybridized carbons (Fsp3) is 0.667. The number of aliphatic carboxylic acids is 1. The van der Waals surface area contributed by atoms with Crippen LogP contribution in [0.1, 0.15) is 6.42 Å². The molecular weight excluding hydrogens is 263 g/mol. The summed E-state index contributed by atoms with van der Waals surface area (Å²) < 4.78 is 14.1. The third kappa shape index (κ3) is 5.48. The molecule has 6 nitrogen and oxygen atoms in total. The van der Waals surface area contributed by atoms with Gasteiger partial charge in [-0.3, -0.25) is 9.59 Å². The van der Waals surface area contributed by atoms with Gasteiger partial charge in [0.25, 0.3) is 0 Å². The number of hydrogen-bond donors (Lipinski definition) is 2. The molecule has 0 fully saturated rings. The van der Waals surface area contributed by atoms with Crippen LogP contribution >= 0.6 is 19.3 Å². The fourth-order valence-electron chi connectivity index (χ4n) is 0.556. The van der Waals surface area contributed by atoms with E-state index in [4.69, 9.17) is 16.9 Å². The summed E-state index contributed by atoms with van der Waals surface area (Å²) in [5.74, 6) is -2.03. The van der Waals surface area contributed by atoms with E-state index in [0.29, 0.717) is 0 Å². The van der Waals surface area contributed by atoms with Crippen LogP contribution in [0.25, 0.3) is 0 Å². The Morgan fingerprint density at radius 3 is 2.27 bits per heavy atom. The molecule has 1 N–H and O–H groups in total. The van der Waals surface area contributed by atoms with Gasteiger partial charge in [-0.1, -0.05) is 0 Å². The Balaban J connectivity index is 4.26. The molecule has 0 bridgehead atoms. The van der Waals surface area contributed by atoms with E-state index in [-0.39, 0.29) is 0 Å². The van der Waals surface area contributed by atoms with E-state index in [1.54, 1.807) is 0 Å². The second kappa shape index (κ2) is 6.44. The summed E-state index contributed by atoms with van der Waals surface area (Å²) in [4.78, 5) is 21.5. The molecule has 0 saturated heterocycles. The lowest BCUT2D eigenvalue weighted by atomic mass is 10.3. The number of carboxylic acid groups (broad SMARTS) is 1. The van der Waals surface area contributed by atoms with Gasteiger partial charge in [0.05, 0.1) is 6.42 Å². The second-order valence-electron chi connectivity index (χ2n) is 2.33. The Labute approximate surface area is 97.6 Å². The molecular formula is C6H11O6PS2. The summed E-state index contributed by atoms with van der Waals surface area (Å²) in [7, 11) is 2.49. The van der Waals surface area contributed by atoms with Crippen LogP contribution in [0.5, 0.6) is 0 Å². The highest BCUT2D eigenvalue weighted by Crippen LogP contribution is 2.48. The first-order chi connectivity index (χ1) is 6.84. The molecule has 0 heterocycles. The van der Waals surface area contributed by atoms with Crippen molar-refractivity contribution in [1.29, 1.82) is 0 Å². The zero-order chi connectivity index (χ0) is 12.1. The predicted molar refractivity (Wildman–Crippen MR) is 59.4 cm³/mol. The summed E-state index contributed by atoms with van der Waals surface area (Å²) in [6, 6.07) is 0. The lowest BCUT2D eigenvalue weighted by Gasteiger charge is -2.17. The summed E-state index contributed by atoms with van der Waals surface area (Å²) in [5.41, 5.74) is 0. The Bertz CT molecular complexity index is 285. The van der Waals surface area contributed by atoms with Gasteiger partial charge in [-0.2, -0.15) is 12.6 Å². The van der Waals surface area contributed by atoms with Crippen molar-refractivity contribution < 1.29 is 28.3 Å². The first-order valence-electron chi connectivity index (χ1n) is 3.69. The van der Waals surface area contributed by atoms with Gasteiger partial charge in [0.15, 0.2) is 0 Å². The van der Waals surface area contributed by atoms with Crippen LogP contribution in [0, 0.1) is 0 Å². The third-order valence-electron chi connectivity index (χ3n) is 1.31. The average Bonchev–Trinajstić information content (AvgIpc) is 2.17. The van der Waals surface area contributed by atoms with E-state index < -0.39 is 30.3 Å². The molecule has 0 rings (SSSR count). The maximum atomic E-state index is 11.2. The fourth-order valence-corrected chi connectivity index (χ4v) is 1.58. The van der Waals surface area contributed by atoms with Gasteiger partial charge in [0, 0.05) is 26.0 Å². The van der Waals surface area contributed by atoms with Crippen LogP contribution in [0.2, 0.25) is 0 Å². The van der Waals surface area contributed by atoms with Crippen molar-refractivity contribution in [2.45, 2.75) is 11.7 Å². The van der Waals surface area contributed by atoms with Crippen molar-refractivity contribution in [3.05, 3.63) is 0 Å². The molecule has 0 amide bonds. The normalized spacial score (nSPS) is 13.3. The Hall–Kier alpha value is -0.140. The highest BCUT2D eigenvalue weighted by molar-refractivity contribution is 8.07. The summed E-state index contributed by atoms with van der Waals surface area (Å²) in [6.45, 7) is -3.07. The number of carboxylic acids is 1. The molecule has 1 atom stereocenters. The second-order valence-corrected chi connectivity index (χ2v) is 6.11. The molecule has 9 heteroatoms. The van der Waals surface area contributed by atoms with E-state index in [1.165, 1.54) is 14.2 Å². The number of hydrogen-bond acceptors (Lipinski definition) is 7. The number of carbonyl (C=O) groups is 2. The van der Waals surface area contributed by atoms with E-state index in [2.05, 4.69) is 26.2 Å². The topological polar surface area (TPSA) is 82.1 Å². The first kappa shape index (κ1) is 14.9. The summed E-state index contributed by atoms with van der Waals surface area (Å²) in [6.07, 6.45) is -0.399. The molecule has 0 aromatic rings. The molecule has 0 spiro atoms. The van der Waals surface area contributed by atoms with Crippen molar-refractivity contribution in [3.63, 3.8) is 0 Å². The molecule has 0 aromatic carbocycles. The smallest absolute Gasteiger partial charge is 0.382 e. The van der Waals surface area contributed by atoms with E-state index in [1.807, 2.05) is 0 Å². The minimum atomic E-state index is -3.07. The average molecular weight is 274 g/mol. The largest absolute Gasteiger partial charge is 0.480 e. The molecule has 0 aliphatic heterocycles. The molecule has 1 unspecified atom stereocenters. The van der Waals surface area contributed by atoms with Crippen LogP contribution < -0.4 is 0 Å². The molecule has 15 heavy (non-hydrogen) atoms. The molecule has 0 aliphatic rings. The van der Waals surface area contributed by atoms with Crippen molar-refractivity contribution in [3.8, 4) is 0 Å². The standard InChI is InChI=1S/C6H11O6PS2/c1-10-13(15,11-2)12-5(7)3-4(14)6(8)9/h4,14H,3H2,1-2H3,(H,8,9). The highest BCUT2D eigenvalue weighted by atomic mass is 32.5. The van der Waals surface area contributed by atoms with Crippen molar-refractivity contribution in [2.75, 3.05) is 14.2 Å². The summed E-state index contributed by atoms with van der Waals surface area (Å²) in [5, 5.41) is 7.35. The minimum Gasteiger partial charge on any atom is -0.480 e. The minimum absolute atomic E-state index is 0.399. The van der Waals surface area contributed by atoms with Gasteiger partial charge in [0.2, 0.25) is 0 Å². The zero-order valence-corrected chi connectivity index (χ0v) is 10.7. The summed E-state index contributed by atoms with van der Waals surface area (Å²) >= 11 is 8.42. The van der Waals surface area contributed by atoms with Crippen molar-refractivity contribution in [1.82, 2.24) is 0 Å².